The van der Waals surface area contributed by atoms with Gasteiger partial charge in [-0.05, 0) is 13.3 Å². The second-order valence-corrected chi connectivity index (χ2v) is 1.66. The van der Waals surface area contributed by atoms with Crippen molar-refractivity contribution in [1.82, 2.24) is 0 Å². The van der Waals surface area contributed by atoms with Crippen LogP contribution in [0.4, 0.5) is 0 Å². The van der Waals surface area contributed by atoms with E-state index in [1.807, 2.05) is 6.92 Å². The molecule has 1 heterocycles. The van der Waals surface area contributed by atoms with Gasteiger partial charge < -0.3 is 9.47 Å². The van der Waals surface area contributed by atoms with Crippen LogP contribution in [-0.4, -0.2) is 19.5 Å². The van der Waals surface area contributed by atoms with Gasteiger partial charge in [0.2, 0.25) is 0 Å². The van der Waals surface area contributed by atoms with Gasteiger partial charge in [0.15, 0.2) is 6.29 Å². The van der Waals surface area contributed by atoms with Gasteiger partial charge in [-0.15, -0.1) is 0 Å². The van der Waals surface area contributed by atoms with E-state index in [0.717, 1.165) is 19.6 Å². The fourth-order valence-corrected chi connectivity index (χ4v) is 0.606. The van der Waals surface area contributed by atoms with Crippen LogP contribution >= 0.6 is 0 Å². The molecule has 0 radical (unpaired) electrons. The monoisotopic (exact) mass is 102 g/mol. The largest absolute Gasteiger partial charge is 0.353 e. The van der Waals surface area contributed by atoms with Crippen LogP contribution in [0.5, 0.6) is 0 Å². The first-order chi connectivity index (χ1) is 3.39. The Morgan fingerprint density at radius 2 is 1.86 bits per heavy atom. The predicted octanol–water partition coefficient (Wildman–Crippen LogP) is 0.769. The molecular weight excluding hydrogens is 92.1 g/mol. The van der Waals surface area contributed by atoms with Gasteiger partial charge in [0, 0.05) is 0 Å². The molecule has 1 aliphatic heterocycles. The van der Waals surface area contributed by atoms with E-state index in [1.165, 1.54) is 0 Å². The Morgan fingerprint density at radius 3 is 2.14 bits per heavy atom. The Hall–Kier alpha value is -0.0800. The van der Waals surface area contributed by atoms with Crippen LogP contribution in [0.3, 0.4) is 0 Å². The number of ether oxygens (including phenoxy) is 2. The molecule has 0 unspecified atom stereocenters. The quantitative estimate of drug-likeness (QED) is 0.449. The lowest BCUT2D eigenvalue weighted by Gasteiger charge is -2.18. The molecule has 0 N–H and O–H groups in total. The van der Waals surface area contributed by atoms with Crippen molar-refractivity contribution in [1.29, 1.82) is 0 Å². The minimum Gasteiger partial charge on any atom is -0.353 e. The summed E-state index contributed by atoms with van der Waals surface area (Å²) in [5.41, 5.74) is 0. The van der Waals surface area contributed by atoms with Crippen molar-refractivity contribution in [2.75, 3.05) is 13.2 Å². The van der Waals surface area contributed by atoms with Crippen molar-refractivity contribution in [3.05, 3.63) is 0 Å². The zero-order valence-corrected chi connectivity index (χ0v) is 4.52. The van der Waals surface area contributed by atoms with Crippen molar-refractivity contribution < 1.29 is 9.47 Å². The highest BCUT2D eigenvalue weighted by molar-refractivity contribution is 4.42. The smallest absolute Gasteiger partial charge is 0.154 e. The van der Waals surface area contributed by atoms with Crippen LogP contribution in [0.2, 0.25) is 0 Å². The first kappa shape index (κ1) is 5.06. The molecular formula is C5H10O2. The molecule has 7 heavy (non-hydrogen) atoms. The molecule has 0 bridgehead atoms. The highest BCUT2D eigenvalue weighted by Crippen LogP contribution is 2.01. The van der Waals surface area contributed by atoms with E-state index in [0.29, 0.717) is 0 Å². The average molecular weight is 102 g/mol. The zero-order valence-electron chi connectivity index (χ0n) is 4.52. The van der Waals surface area contributed by atoms with Gasteiger partial charge in [0.25, 0.3) is 0 Å². The van der Waals surface area contributed by atoms with Crippen LogP contribution in [-0.2, 0) is 9.47 Å². The van der Waals surface area contributed by atoms with Gasteiger partial charge in [-0.3, -0.25) is 0 Å². The third-order valence-electron chi connectivity index (χ3n) is 0.994. The molecule has 0 saturated carbocycles. The number of rotatable bonds is 0. The van der Waals surface area contributed by atoms with Crippen molar-refractivity contribution in [2.24, 2.45) is 0 Å². The van der Waals surface area contributed by atoms with E-state index < -0.39 is 0 Å². The van der Waals surface area contributed by atoms with E-state index in [1.54, 1.807) is 0 Å². The Morgan fingerprint density at radius 1 is 1.29 bits per heavy atom. The standard InChI is InChI=1S/C5H10O2/c1-5-6-3-2-4-7-5/h5H,2-4H2,1H3. The van der Waals surface area contributed by atoms with Gasteiger partial charge in [0.1, 0.15) is 0 Å². The topological polar surface area (TPSA) is 18.5 Å². The Bertz CT molecular complexity index is 48.0. The van der Waals surface area contributed by atoms with Crippen LogP contribution in [0.15, 0.2) is 0 Å². The van der Waals surface area contributed by atoms with Crippen molar-refractivity contribution in [3.8, 4) is 0 Å². The van der Waals surface area contributed by atoms with E-state index >= 15 is 0 Å². The minimum absolute atomic E-state index is 0.0359. The molecule has 1 saturated heterocycles. The summed E-state index contributed by atoms with van der Waals surface area (Å²) >= 11 is 0. The second kappa shape index (κ2) is 2.28. The van der Waals surface area contributed by atoms with Crippen molar-refractivity contribution >= 4 is 0 Å². The molecule has 0 aromatic carbocycles. The fraction of sp³-hybridized carbons (Fsp3) is 1.00. The molecule has 2 nitrogen and oxygen atoms in total. The molecule has 2 heteroatoms. The number of hydrogen-bond donors (Lipinski definition) is 0. The van der Waals surface area contributed by atoms with Crippen LogP contribution in [0.25, 0.3) is 0 Å². The van der Waals surface area contributed by atoms with Crippen molar-refractivity contribution in [3.63, 3.8) is 0 Å². The van der Waals surface area contributed by atoms with Crippen molar-refractivity contribution in [2.45, 2.75) is 19.6 Å². The number of hydrogen-bond acceptors (Lipinski definition) is 2. The maximum Gasteiger partial charge on any atom is 0.154 e. The average Bonchev–Trinajstić information content (AvgIpc) is 1.69. The molecule has 0 aromatic rings. The van der Waals surface area contributed by atoms with Gasteiger partial charge >= 0.3 is 0 Å². The maximum atomic E-state index is 5.06. The summed E-state index contributed by atoms with van der Waals surface area (Å²) in [6.07, 6.45) is 1.08. The molecule has 42 valence electrons. The van der Waals surface area contributed by atoms with E-state index in [-0.39, 0.29) is 6.29 Å². The lowest BCUT2D eigenvalue weighted by molar-refractivity contribution is -0.167. The molecule has 0 spiro atoms. The molecule has 1 fully saturated rings. The van der Waals surface area contributed by atoms with Gasteiger partial charge in [-0.2, -0.15) is 0 Å². The lowest BCUT2D eigenvalue weighted by Crippen LogP contribution is -2.21. The van der Waals surface area contributed by atoms with E-state index in [2.05, 4.69) is 0 Å². The SMILES string of the molecule is CC1OCCCO1. The maximum absolute atomic E-state index is 5.06. The van der Waals surface area contributed by atoms with E-state index in [4.69, 9.17) is 9.47 Å². The van der Waals surface area contributed by atoms with Gasteiger partial charge in [-0.1, -0.05) is 0 Å². The van der Waals surface area contributed by atoms with Gasteiger partial charge in [0.05, 0.1) is 13.2 Å². The summed E-state index contributed by atoms with van der Waals surface area (Å²) in [7, 11) is 0. The molecule has 0 atom stereocenters. The third kappa shape index (κ3) is 1.45. The molecule has 0 aliphatic carbocycles. The van der Waals surface area contributed by atoms with Crippen LogP contribution in [0, 0.1) is 0 Å². The molecule has 0 aromatic heterocycles. The summed E-state index contributed by atoms with van der Waals surface area (Å²) < 4.78 is 10.1. The van der Waals surface area contributed by atoms with Crippen LogP contribution < -0.4 is 0 Å². The second-order valence-electron chi connectivity index (χ2n) is 1.66. The first-order valence-electron chi connectivity index (χ1n) is 2.63. The molecule has 1 rings (SSSR count). The Kier molecular flexibility index (Phi) is 1.65. The summed E-state index contributed by atoms with van der Waals surface area (Å²) in [6, 6.07) is 0. The predicted molar refractivity (Wildman–Crippen MR) is 26.0 cm³/mol. The van der Waals surface area contributed by atoms with Gasteiger partial charge in [-0.25, -0.2) is 0 Å². The third-order valence-corrected chi connectivity index (χ3v) is 0.994. The summed E-state index contributed by atoms with van der Waals surface area (Å²) in [4.78, 5) is 0. The minimum atomic E-state index is 0.0359. The highest BCUT2D eigenvalue weighted by atomic mass is 16.7. The summed E-state index contributed by atoms with van der Waals surface area (Å²) in [5, 5.41) is 0. The Labute approximate surface area is 43.4 Å². The first-order valence-corrected chi connectivity index (χ1v) is 2.63. The Balaban J connectivity index is 2.12. The molecule has 0 amide bonds. The zero-order chi connectivity index (χ0) is 5.11. The van der Waals surface area contributed by atoms with E-state index in [9.17, 15) is 0 Å². The lowest BCUT2D eigenvalue weighted by atomic mass is 10.4. The van der Waals surface area contributed by atoms with Crippen LogP contribution in [0.1, 0.15) is 13.3 Å². The highest BCUT2D eigenvalue weighted by Gasteiger charge is 2.05. The molecule has 1 aliphatic rings. The fourth-order valence-electron chi connectivity index (χ4n) is 0.606. The summed E-state index contributed by atoms with van der Waals surface area (Å²) in [5.74, 6) is 0. The normalized spacial score (nSPS) is 25.3. The summed E-state index contributed by atoms with van der Waals surface area (Å²) in [6.45, 7) is 3.64.